The van der Waals surface area contributed by atoms with Crippen molar-refractivity contribution >= 4 is 9.84 Å². The molecule has 3 aliphatic rings. The van der Waals surface area contributed by atoms with Crippen LogP contribution in [-0.4, -0.2) is 14.5 Å². The second-order valence-electron chi connectivity index (χ2n) is 8.36. The summed E-state index contributed by atoms with van der Waals surface area (Å²) in [6.07, 6.45) is 5.44. The molecule has 0 aromatic heterocycles. The summed E-state index contributed by atoms with van der Waals surface area (Å²) < 4.78 is 40.5. The Bertz CT molecular complexity index is 1080. The SMILES string of the molecule is CC.Cc1ccc2c(c1)CCC1NC(=C3CCC3)CC21S(=O)(=O)c1ccc(F)cc1. The van der Waals surface area contributed by atoms with E-state index in [2.05, 4.69) is 11.4 Å². The van der Waals surface area contributed by atoms with E-state index in [0.29, 0.717) is 6.42 Å². The number of rotatable bonds is 2. The van der Waals surface area contributed by atoms with Gasteiger partial charge in [-0.1, -0.05) is 43.2 Å². The minimum Gasteiger partial charge on any atom is -0.384 e. The third-order valence-electron chi connectivity index (χ3n) is 6.76. The Balaban J connectivity index is 0.00000106. The van der Waals surface area contributed by atoms with Gasteiger partial charge in [-0.15, -0.1) is 0 Å². The van der Waals surface area contributed by atoms with Gasteiger partial charge in [-0.3, -0.25) is 0 Å². The van der Waals surface area contributed by atoms with Crippen LogP contribution in [0.25, 0.3) is 0 Å². The first-order valence-corrected chi connectivity index (χ1v) is 12.5. The zero-order chi connectivity index (χ0) is 21.5. The van der Waals surface area contributed by atoms with Crippen molar-refractivity contribution in [3.05, 3.63) is 76.2 Å². The van der Waals surface area contributed by atoms with Gasteiger partial charge in [-0.05, 0) is 74.4 Å². The molecule has 1 heterocycles. The predicted octanol–water partition coefficient (Wildman–Crippen LogP) is 5.58. The summed E-state index contributed by atoms with van der Waals surface area (Å²) in [5.41, 5.74) is 5.69. The summed E-state index contributed by atoms with van der Waals surface area (Å²) >= 11 is 0. The maximum absolute atomic E-state index is 14.0. The number of nitrogens with one attached hydrogen (secondary N) is 1. The topological polar surface area (TPSA) is 46.2 Å². The molecule has 2 unspecified atom stereocenters. The maximum Gasteiger partial charge on any atom is 0.190 e. The Kier molecular flexibility index (Phi) is 5.52. The molecule has 2 aliphatic carbocycles. The van der Waals surface area contributed by atoms with Crippen LogP contribution in [0.3, 0.4) is 0 Å². The first kappa shape index (κ1) is 21.1. The molecular weight excluding hydrogens is 397 g/mol. The number of fused-ring (bicyclic) bond motifs is 3. The van der Waals surface area contributed by atoms with Gasteiger partial charge in [-0.2, -0.15) is 0 Å². The maximum atomic E-state index is 14.0. The van der Waals surface area contributed by atoms with Gasteiger partial charge >= 0.3 is 0 Å². The molecule has 1 saturated heterocycles. The van der Waals surface area contributed by atoms with Crippen LogP contribution in [0.15, 0.2) is 58.6 Å². The Labute approximate surface area is 179 Å². The van der Waals surface area contributed by atoms with Crippen molar-refractivity contribution in [2.45, 2.75) is 75.0 Å². The van der Waals surface area contributed by atoms with Gasteiger partial charge in [0.1, 0.15) is 10.6 Å². The van der Waals surface area contributed by atoms with E-state index >= 15 is 0 Å². The number of hydrogen-bond donors (Lipinski definition) is 1. The molecule has 0 radical (unpaired) electrons. The summed E-state index contributed by atoms with van der Waals surface area (Å²) in [5, 5.41) is 3.60. The van der Waals surface area contributed by atoms with Gasteiger partial charge in [0.25, 0.3) is 0 Å². The van der Waals surface area contributed by atoms with E-state index in [-0.39, 0.29) is 10.9 Å². The molecular formula is C25H30FNO2S. The smallest absolute Gasteiger partial charge is 0.190 e. The minimum absolute atomic E-state index is 0.152. The summed E-state index contributed by atoms with van der Waals surface area (Å²) in [5.74, 6) is -0.422. The van der Waals surface area contributed by atoms with Crippen LogP contribution in [0.2, 0.25) is 0 Å². The molecule has 30 heavy (non-hydrogen) atoms. The average Bonchev–Trinajstić information content (AvgIpc) is 3.09. The van der Waals surface area contributed by atoms with Crippen LogP contribution >= 0.6 is 0 Å². The number of allylic oxidation sites excluding steroid dienone is 2. The molecule has 1 aliphatic heterocycles. The minimum atomic E-state index is -3.72. The average molecular weight is 428 g/mol. The van der Waals surface area contributed by atoms with E-state index in [9.17, 15) is 12.8 Å². The molecule has 5 heteroatoms. The third kappa shape index (κ3) is 3.09. The number of sulfone groups is 1. The van der Waals surface area contributed by atoms with Gasteiger partial charge in [0.15, 0.2) is 9.84 Å². The van der Waals surface area contributed by atoms with Crippen LogP contribution < -0.4 is 5.32 Å². The van der Waals surface area contributed by atoms with E-state index in [4.69, 9.17) is 0 Å². The van der Waals surface area contributed by atoms with Crippen LogP contribution in [0, 0.1) is 12.7 Å². The largest absolute Gasteiger partial charge is 0.384 e. The standard InChI is InChI=1S/C23H24FNO2S.C2H6/c1-15-5-11-20-17(13-15)6-12-22-23(20,14-21(25-22)16-3-2-4-16)28(26,27)19-9-7-18(24)8-10-19;1-2/h5,7-11,13,22,25H,2-4,6,12,14H2,1H3;1-2H3. The molecule has 2 aromatic carbocycles. The molecule has 5 rings (SSSR count). The van der Waals surface area contributed by atoms with Gasteiger partial charge in [0, 0.05) is 12.1 Å². The molecule has 0 bridgehead atoms. The van der Waals surface area contributed by atoms with E-state index < -0.39 is 20.4 Å². The highest BCUT2D eigenvalue weighted by Gasteiger charge is 2.59. The van der Waals surface area contributed by atoms with Crippen molar-refractivity contribution in [3.8, 4) is 0 Å². The summed E-state index contributed by atoms with van der Waals surface area (Å²) in [6, 6.07) is 11.3. The van der Waals surface area contributed by atoms with Crippen LogP contribution in [-0.2, 0) is 21.0 Å². The fourth-order valence-electron chi connectivity index (χ4n) is 5.13. The number of hydrogen-bond acceptors (Lipinski definition) is 3. The van der Waals surface area contributed by atoms with Gasteiger partial charge in [-0.25, -0.2) is 12.8 Å². The van der Waals surface area contributed by atoms with Crippen molar-refractivity contribution in [1.29, 1.82) is 0 Å². The van der Waals surface area contributed by atoms with Gasteiger partial charge in [0.2, 0.25) is 0 Å². The highest BCUT2D eigenvalue weighted by Crippen LogP contribution is 2.53. The number of benzene rings is 2. The summed E-state index contributed by atoms with van der Waals surface area (Å²) in [6.45, 7) is 6.04. The lowest BCUT2D eigenvalue weighted by Gasteiger charge is -2.40. The van der Waals surface area contributed by atoms with Crippen LogP contribution in [0.5, 0.6) is 0 Å². The zero-order valence-corrected chi connectivity index (χ0v) is 18.8. The van der Waals surface area contributed by atoms with Crippen molar-refractivity contribution in [2.24, 2.45) is 0 Å². The quantitative estimate of drug-likeness (QED) is 0.637. The van der Waals surface area contributed by atoms with E-state index in [1.807, 2.05) is 32.9 Å². The lowest BCUT2D eigenvalue weighted by Crippen LogP contribution is -2.49. The summed E-state index contributed by atoms with van der Waals surface area (Å²) in [4.78, 5) is 0.203. The lowest BCUT2D eigenvalue weighted by atomic mass is 9.77. The molecule has 3 nitrogen and oxygen atoms in total. The van der Waals surface area contributed by atoms with E-state index in [1.165, 1.54) is 36.3 Å². The van der Waals surface area contributed by atoms with Gasteiger partial charge < -0.3 is 5.32 Å². The van der Waals surface area contributed by atoms with Crippen molar-refractivity contribution in [2.75, 3.05) is 0 Å². The third-order valence-corrected chi connectivity index (χ3v) is 9.26. The fourth-order valence-corrected chi connectivity index (χ4v) is 7.42. The predicted molar refractivity (Wildman–Crippen MR) is 119 cm³/mol. The second-order valence-corrected chi connectivity index (χ2v) is 10.6. The highest BCUT2D eigenvalue weighted by molar-refractivity contribution is 7.92. The lowest BCUT2D eigenvalue weighted by molar-refractivity contribution is 0.416. The second kappa shape index (κ2) is 7.84. The van der Waals surface area contributed by atoms with Crippen LogP contribution in [0.4, 0.5) is 4.39 Å². The Morgan fingerprint density at radius 1 is 1.03 bits per heavy atom. The van der Waals surface area contributed by atoms with E-state index in [0.717, 1.165) is 48.1 Å². The molecule has 0 amide bonds. The molecule has 160 valence electrons. The molecule has 1 N–H and O–H groups in total. The molecule has 0 spiro atoms. The van der Waals surface area contributed by atoms with Crippen molar-refractivity contribution in [1.82, 2.24) is 5.32 Å². The highest BCUT2D eigenvalue weighted by atomic mass is 32.2. The van der Waals surface area contributed by atoms with Gasteiger partial charge in [0.05, 0.1) is 10.9 Å². The Hall–Kier alpha value is -2.14. The molecule has 2 aromatic rings. The summed E-state index contributed by atoms with van der Waals surface area (Å²) in [7, 11) is -3.72. The van der Waals surface area contributed by atoms with Crippen molar-refractivity contribution < 1.29 is 12.8 Å². The monoisotopic (exact) mass is 427 g/mol. The fraction of sp³-hybridized carbons (Fsp3) is 0.440. The molecule has 2 atom stereocenters. The number of aryl methyl sites for hydroxylation is 2. The zero-order valence-electron chi connectivity index (χ0n) is 18.0. The normalized spacial score (nSPS) is 24.7. The molecule has 2 fully saturated rings. The van der Waals surface area contributed by atoms with Crippen LogP contribution in [0.1, 0.15) is 62.6 Å². The Morgan fingerprint density at radius 2 is 1.73 bits per heavy atom. The first-order valence-electron chi connectivity index (χ1n) is 11.0. The Morgan fingerprint density at radius 3 is 2.37 bits per heavy atom. The number of halogens is 1. The first-order chi connectivity index (χ1) is 14.4. The van der Waals surface area contributed by atoms with Crippen molar-refractivity contribution in [3.63, 3.8) is 0 Å². The molecule has 1 saturated carbocycles. The van der Waals surface area contributed by atoms with E-state index in [1.54, 1.807) is 0 Å².